The highest BCUT2D eigenvalue weighted by molar-refractivity contribution is 7.12. The number of hydrogen-bond acceptors (Lipinski definition) is 5. The fourth-order valence-corrected chi connectivity index (χ4v) is 2.64. The van der Waals surface area contributed by atoms with Gasteiger partial charge in [-0.2, -0.15) is 5.26 Å². The number of carbonyl (C=O) groups excluding carboxylic acids is 1. The number of nitrogens with zero attached hydrogens (tertiary/aromatic N) is 2. The van der Waals surface area contributed by atoms with E-state index < -0.39 is 0 Å². The average molecular weight is 332 g/mol. The van der Waals surface area contributed by atoms with Gasteiger partial charge < -0.3 is 4.74 Å². The third-order valence-electron chi connectivity index (χ3n) is 3.19. The van der Waals surface area contributed by atoms with E-state index in [1.165, 1.54) is 11.3 Å². The van der Waals surface area contributed by atoms with Gasteiger partial charge in [0.1, 0.15) is 16.7 Å². The van der Waals surface area contributed by atoms with Crippen molar-refractivity contribution in [2.24, 2.45) is 0 Å². The summed E-state index contributed by atoms with van der Waals surface area (Å²) in [5, 5.41) is 11.1. The predicted octanol–water partition coefficient (Wildman–Crippen LogP) is 4.43. The van der Waals surface area contributed by atoms with Crippen LogP contribution in [-0.4, -0.2) is 11.0 Å². The molecule has 0 fully saturated rings. The van der Waals surface area contributed by atoms with Crippen LogP contribution in [0.4, 0.5) is 0 Å². The third kappa shape index (κ3) is 3.75. The van der Waals surface area contributed by atoms with E-state index in [1.807, 2.05) is 11.4 Å². The monoisotopic (exact) mass is 332 g/mol. The van der Waals surface area contributed by atoms with Gasteiger partial charge in [0.15, 0.2) is 0 Å². The highest BCUT2D eigenvalue weighted by atomic mass is 32.1. The van der Waals surface area contributed by atoms with E-state index in [4.69, 9.17) is 4.74 Å². The van der Waals surface area contributed by atoms with Gasteiger partial charge in [0, 0.05) is 6.20 Å². The van der Waals surface area contributed by atoms with Crippen molar-refractivity contribution in [3.63, 3.8) is 0 Å². The number of esters is 1. The Labute approximate surface area is 143 Å². The summed E-state index contributed by atoms with van der Waals surface area (Å²) < 4.78 is 5.30. The van der Waals surface area contributed by atoms with Gasteiger partial charge in [-0.05, 0) is 47.4 Å². The van der Waals surface area contributed by atoms with Crippen molar-refractivity contribution in [2.45, 2.75) is 0 Å². The molecule has 0 radical (unpaired) electrons. The van der Waals surface area contributed by atoms with Crippen molar-refractivity contribution < 1.29 is 9.53 Å². The quantitative estimate of drug-likeness (QED) is 0.403. The maximum atomic E-state index is 11.9. The van der Waals surface area contributed by atoms with E-state index >= 15 is 0 Å². The maximum Gasteiger partial charge on any atom is 0.353 e. The molecule has 5 heteroatoms. The number of benzene rings is 1. The van der Waals surface area contributed by atoms with Crippen LogP contribution in [0, 0.1) is 11.3 Å². The van der Waals surface area contributed by atoms with Crippen LogP contribution in [0.15, 0.2) is 66.2 Å². The first kappa shape index (κ1) is 15.7. The molecule has 0 unspecified atom stereocenters. The van der Waals surface area contributed by atoms with Gasteiger partial charge in [-0.25, -0.2) is 4.79 Å². The Balaban J connectivity index is 1.76. The van der Waals surface area contributed by atoms with Gasteiger partial charge in [0.2, 0.25) is 0 Å². The van der Waals surface area contributed by atoms with E-state index in [9.17, 15) is 10.1 Å². The Bertz CT molecular complexity index is 893. The van der Waals surface area contributed by atoms with Crippen LogP contribution in [0.2, 0.25) is 0 Å². The van der Waals surface area contributed by atoms with Gasteiger partial charge in [-0.1, -0.05) is 24.3 Å². The molecule has 116 valence electrons. The molecule has 3 rings (SSSR count). The summed E-state index contributed by atoms with van der Waals surface area (Å²) in [5.41, 5.74) is 1.92. The number of carbonyl (C=O) groups is 1. The number of aromatic nitrogens is 1. The lowest BCUT2D eigenvalue weighted by Crippen LogP contribution is -2.05. The molecule has 0 amide bonds. The van der Waals surface area contributed by atoms with Crippen LogP contribution in [-0.2, 0) is 0 Å². The zero-order valence-electron chi connectivity index (χ0n) is 12.5. The lowest BCUT2D eigenvalue weighted by Gasteiger charge is -2.03. The number of rotatable bonds is 4. The zero-order valence-corrected chi connectivity index (χ0v) is 13.4. The lowest BCUT2D eigenvalue weighted by molar-refractivity contribution is 0.0740. The molecule has 0 aliphatic carbocycles. The predicted molar refractivity (Wildman–Crippen MR) is 93.4 cm³/mol. The zero-order chi connectivity index (χ0) is 16.8. The van der Waals surface area contributed by atoms with Gasteiger partial charge in [0.25, 0.3) is 0 Å². The molecule has 0 spiro atoms. The summed E-state index contributed by atoms with van der Waals surface area (Å²) in [7, 11) is 0. The fourth-order valence-electron chi connectivity index (χ4n) is 2.04. The SMILES string of the molecule is N#CC(=Cc1ccc(OC(=O)c2cccs2)cc1)c1ccccn1. The van der Waals surface area contributed by atoms with E-state index in [2.05, 4.69) is 11.1 Å². The Hall–Kier alpha value is -3.23. The van der Waals surface area contributed by atoms with Crippen molar-refractivity contribution in [1.82, 2.24) is 4.98 Å². The number of nitriles is 1. The van der Waals surface area contributed by atoms with Crippen molar-refractivity contribution in [2.75, 3.05) is 0 Å². The second-order valence-corrected chi connectivity index (χ2v) is 5.77. The number of pyridine rings is 1. The van der Waals surface area contributed by atoms with Crippen LogP contribution in [0.3, 0.4) is 0 Å². The summed E-state index contributed by atoms with van der Waals surface area (Å²) in [6.45, 7) is 0. The number of ether oxygens (including phenoxy) is 1. The normalized spacial score (nSPS) is 10.9. The maximum absolute atomic E-state index is 11.9. The summed E-state index contributed by atoms with van der Waals surface area (Å²) in [4.78, 5) is 16.6. The average Bonchev–Trinajstić information content (AvgIpc) is 3.16. The van der Waals surface area contributed by atoms with Crippen molar-refractivity contribution in [3.05, 3.63) is 82.3 Å². The summed E-state index contributed by atoms with van der Waals surface area (Å²) in [6, 6.07) is 18.1. The molecule has 24 heavy (non-hydrogen) atoms. The fraction of sp³-hybridized carbons (Fsp3) is 0. The van der Waals surface area contributed by atoms with Crippen LogP contribution in [0.25, 0.3) is 11.6 Å². The topological polar surface area (TPSA) is 63.0 Å². The summed E-state index contributed by atoms with van der Waals surface area (Å²) in [6.07, 6.45) is 3.39. The molecule has 2 heterocycles. The van der Waals surface area contributed by atoms with E-state index in [0.717, 1.165) is 5.56 Å². The van der Waals surface area contributed by atoms with Crippen molar-refractivity contribution in [3.8, 4) is 11.8 Å². The molecule has 0 aliphatic rings. The van der Waals surface area contributed by atoms with Crippen LogP contribution in [0.5, 0.6) is 5.75 Å². The minimum atomic E-state index is -0.375. The highest BCUT2D eigenvalue weighted by Crippen LogP contribution is 2.20. The largest absolute Gasteiger partial charge is 0.422 e. The second-order valence-electron chi connectivity index (χ2n) is 4.82. The Morgan fingerprint density at radius 1 is 1.12 bits per heavy atom. The molecule has 0 saturated carbocycles. The van der Waals surface area contributed by atoms with Crippen molar-refractivity contribution in [1.29, 1.82) is 5.26 Å². The highest BCUT2D eigenvalue weighted by Gasteiger charge is 2.09. The Morgan fingerprint density at radius 2 is 1.96 bits per heavy atom. The van der Waals surface area contributed by atoms with Crippen LogP contribution < -0.4 is 4.74 Å². The first-order valence-corrected chi connectivity index (χ1v) is 8.03. The Kier molecular flexibility index (Phi) is 4.80. The minimum Gasteiger partial charge on any atom is -0.422 e. The van der Waals surface area contributed by atoms with E-state index in [-0.39, 0.29) is 5.97 Å². The molecule has 0 N–H and O–H groups in total. The Morgan fingerprint density at radius 3 is 2.58 bits per heavy atom. The molecular weight excluding hydrogens is 320 g/mol. The molecule has 0 aliphatic heterocycles. The molecule has 2 aromatic heterocycles. The molecule has 3 aromatic rings. The number of allylic oxidation sites excluding steroid dienone is 1. The standard InChI is InChI=1S/C19H12N2O2S/c20-13-15(17-4-1-2-10-21-17)12-14-6-8-16(9-7-14)23-19(22)18-5-3-11-24-18/h1-12H. The molecule has 4 nitrogen and oxygen atoms in total. The summed E-state index contributed by atoms with van der Waals surface area (Å²) >= 11 is 1.34. The summed E-state index contributed by atoms with van der Waals surface area (Å²) in [5.74, 6) is 0.0846. The smallest absolute Gasteiger partial charge is 0.353 e. The van der Waals surface area contributed by atoms with Crippen LogP contribution in [0.1, 0.15) is 20.9 Å². The van der Waals surface area contributed by atoms with Gasteiger partial charge in [-0.15, -0.1) is 11.3 Å². The second kappa shape index (κ2) is 7.36. The van der Waals surface area contributed by atoms with Crippen LogP contribution >= 0.6 is 11.3 Å². The first-order valence-electron chi connectivity index (χ1n) is 7.15. The van der Waals surface area contributed by atoms with Gasteiger partial charge >= 0.3 is 5.97 Å². The third-order valence-corrected chi connectivity index (χ3v) is 4.04. The molecule has 0 saturated heterocycles. The first-order chi connectivity index (χ1) is 11.8. The molecule has 1 aromatic carbocycles. The van der Waals surface area contributed by atoms with E-state index in [1.54, 1.807) is 60.8 Å². The van der Waals surface area contributed by atoms with Gasteiger partial charge in [-0.3, -0.25) is 4.98 Å². The minimum absolute atomic E-state index is 0.375. The van der Waals surface area contributed by atoms with Gasteiger partial charge in [0.05, 0.1) is 11.3 Å². The number of thiophene rings is 1. The van der Waals surface area contributed by atoms with Crippen molar-refractivity contribution >= 4 is 29.0 Å². The molecule has 0 bridgehead atoms. The number of hydrogen-bond donors (Lipinski definition) is 0. The lowest BCUT2D eigenvalue weighted by atomic mass is 10.1. The molecule has 0 atom stereocenters. The van der Waals surface area contributed by atoms with E-state index in [0.29, 0.717) is 21.9 Å². The molecular formula is C19H12N2O2S.